The second-order valence-corrected chi connectivity index (χ2v) is 6.60. The minimum atomic E-state index is -0.0641. The number of rotatable bonds is 4. The van der Waals surface area contributed by atoms with E-state index in [4.69, 9.17) is 0 Å². The number of para-hydroxylation sites is 1. The van der Waals surface area contributed by atoms with Crippen molar-refractivity contribution in [3.8, 4) is 0 Å². The number of carbonyl (C=O) groups is 1. The van der Waals surface area contributed by atoms with Crippen molar-refractivity contribution in [1.29, 1.82) is 0 Å². The number of benzene rings is 1. The summed E-state index contributed by atoms with van der Waals surface area (Å²) in [5.74, 6) is 1.39. The number of aromatic nitrogens is 3. The van der Waals surface area contributed by atoms with Crippen molar-refractivity contribution in [2.75, 3.05) is 43.0 Å². The number of pyridine rings is 1. The Labute approximate surface area is 164 Å². The standard InChI is InChI=1S/C21H22N6O/c1-25(17-7-3-2-4-8-17)21-23-12-10-18(24-21)20(28)27-15-13-26(14-16-27)19-9-5-6-11-22-19/h2-12H,13-16H2,1H3. The predicted octanol–water partition coefficient (Wildman–Crippen LogP) is 2.60. The van der Waals surface area contributed by atoms with Crippen LogP contribution in [0.2, 0.25) is 0 Å². The van der Waals surface area contributed by atoms with Crippen molar-refractivity contribution in [2.24, 2.45) is 0 Å². The molecule has 3 heterocycles. The molecule has 0 unspecified atom stereocenters. The van der Waals surface area contributed by atoms with Crippen LogP contribution >= 0.6 is 0 Å². The Morgan fingerprint density at radius 1 is 0.893 bits per heavy atom. The Balaban J connectivity index is 1.44. The van der Waals surface area contributed by atoms with Crippen LogP contribution in [0.4, 0.5) is 17.5 Å². The molecule has 7 heteroatoms. The lowest BCUT2D eigenvalue weighted by molar-refractivity contribution is 0.0740. The molecule has 1 aromatic carbocycles. The molecular formula is C21H22N6O. The molecule has 0 bridgehead atoms. The van der Waals surface area contributed by atoms with E-state index in [1.165, 1.54) is 0 Å². The number of piperazine rings is 1. The summed E-state index contributed by atoms with van der Waals surface area (Å²) < 4.78 is 0. The predicted molar refractivity (Wildman–Crippen MR) is 109 cm³/mol. The molecule has 0 radical (unpaired) electrons. The number of hydrogen-bond donors (Lipinski definition) is 0. The van der Waals surface area contributed by atoms with E-state index in [0.29, 0.717) is 24.7 Å². The van der Waals surface area contributed by atoms with Crippen LogP contribution in [-0.4, -0.2) is 59.0 Å². The highest BCUT2D eigenvalue weighted by Crippen LogP contribution is 2.20. The Kier molecular flexibility index (Phi) is 5.14. The largest absolute Gasteiger partial charge is 0.353 e. The minimum absolute atomic E-state index is 0.0641. The number of amides is 1. The molecule has 1 aliphatic rings. The first-order valence-corrected chi connectivity index (χ1v) is 9.29. The molecule has 4 rings (SSSR count). The zero-order chi connectivity index (χ0) is 19.3. The van der Waals surface area contributed by atoms with Crippen LogP contribution in [0.1, 0.15) is 10.5 Å². The van der Waals surface area contributed by atoms with E-state index >= 15 is 0 Å². The first-order valence-electron chi connectivity index (χ1n) is 9.29. The Morgan fingerprint density at radius 3 is 2.36 bits per heavy atom. The number of anilines is 3. The molecule has 0 N–H and O–H groups in total. The van der Waals surface area contributed by atoms with E-state index in [0.717, 1.165) is 24.6 Å². The second-order valence-electron chi connectivity index (χ2n) is 6.60. The van der Waals surface area contributed by atoms with Gasteiger partial charge in [-0.25, -0.2) is 15.0 Å². The highest BCUT2D eigenvalue weighted by Gasteiger charge is 2.24. The topological polar surface area (TPSA) is 65.5 Å². The summed E-state index contributed by atoms with van der Waals surface area (Å²) in [4.78, 5) is 32.1. The van der Waals surface area contributed by atoms with Crippen molar-refractivity contribution < 1.29 is 4.79 Å². The molecule has 2 aromatic heterocycles. The van der Waals surface area contributed by atoms with Gasteiger partial charge in [0.15, 0.2) is 0 Å². The van der Waals surface area contributed by atoms with Crippen molar-refractivity contribution in [3.63, 3.8) is 0 Å². The summed E-state index contributed by atoms with van der Waals surface area (Å²) in [5, 5.41) is 0. The highest BCUT2D eigenvalue weighted by molar-refractivity contribution is 5.92. The summed E-state index contributed by atoms with van der Waals surface area (Å²) in [7, 11) is 1.89. The minimum Gasteiger partial charge on any atom is -0.353 e. The molecule has 0 saturated carbocycles. The van der Waals surface area contributed by atoms with Gasteiger partial charge in [-0.05, 0) is 30.3 Å². The third-order valence-electron chi connectivity index (χ3n) is 4.85. The van der Waals surface area contributed by atoms with Crippen LogP contribution < -0.4 is 9.80 Å². The zero-order valence-corrected chi connectivity index (χ0v) is 15.8. The van der Waals surface area contributed by atoms with Gasteiger partial charge in [0.2, 0.25) is 5.95 Å². The lowest BCUT2D eigenvalue weighted by Gasteiger charge is -2.35. The number of carbonyl (C=O) groups excluding carboxylic acids is 1. The van der Waals surface area contributed by atoms with Crippen LogP contribution in [0.3, 0.4) is 0 Å². The van der Waals surface area contributed by atoms with Crippen molar-refractivity contribution in [2.45, 2.75) is 0 Å². The summed E-state index contributed by atoms with van der Waals surface area (Å²) in [6.07, 6.45) is 3.43. The smallest absolute Gasteiger partial charge is 0.272 e. The van der Waals surface area contributed by atoms with Crippen LogP contribution in [-0.2, 0) is 0 Å². The third-order valence-corrected chi connectivity index (χ3v) is 4.85. The van der Waals surface area contributed by atoms with Gasteiger partial charge in [-0.1, -0.05) is 24.3 Å². The molecular weight excluding hydrogens is 352 g/mol. The van der Waals surface area contributed by atoms with Gasteiger partial charge in [0.1, 0.15) is 11.5 Å². The monoisotopic (exact) mass is 374 g/mol. The zero-order valence-electron chi connectivity index (χ0n) is 15.8. The molecule has 7 nitrogen and oxygen atoms in total. The van der Waals surface area contributed by atoms with Crippen molar-refractivity contribution >= 4 is 23.4 Å². The summed E-state index contributed by atoms with van der Waals surface area (Å²) in [5.41, 5.74) is 1.38. The van der Waals surface area contributed by atoms with Gasteiger partial charge in [0.25, 0.3) is 5.91 Å². The van der Waals surface area contributed by atoms with Crippen molar-refractivity contribution in [1.82, 2.24) is 19.9 Å². The van der Waals surface area contributed by atoms with Crippen LogP contribution in [0.25, 0.3) is 0 Å². The Bertz CT molecular complexity index is 926. The summed E-state index contributed by atoms with van der Waals surface area (Å²) >= 11 is 0. The van der Waals surface area contributed by atoms with Gasteiger partial charge in [0.05, 0.1) is 0 Å². The van der Waals surface area contributed by atoms with Gasteiger partial charge < -0.3 is 14.7 Å². The van der Waals surface area contributed by atoms with Gasteiger partial charge in [-0.15, -0.1) is 0 Å². The Hall–Kier alpha value is -3.48. The van der Waals surface area contributed by atoms with E-state index < -0.39 is 0 Å². The van der Waals surface area contributed by atoms with E-state index in [9.17, 15) is 4.79 Å². The normalized spacial score (nSPS) is 14.0. The molecule has 0 aliphatic carbocycles. The molecule has 1 saturated heterocycles. The van der Waals surface area contributed by atoms with Gasteiger partial charge in [-0.2, -0.15) is 0 Å². The number of nitrogens with zero attached hydrogens (tertiary/aromatic N) is 6. The quantitative estimate of drug-likeness (QED) is 0.699. The lowest BCUT2D eigenvalue weighted by atomic mass is 10.2. The Morgan fingerprint density at radius 2 is 1.64 bits per heavy atom. The van der Waals surface area contributed by atoms with E-state index in [-0.39, 0.29) is 5.91 Å². The molecule has 142 valence electrons. The van der Waals surface area contributed by atoms with Crippen molar-refractivity contribution in [3.05, 3.63) is 72.7 Å². The van der Waals surface area contributed by atoms with E-state index in [1.807, 2.05) is 65.4 Å². The SMILES string of the molecule is CN(c1ccccc1)c1nccc(C(=O)N2CCN(c3ccccn3)CC2)n1. The maximum absolute atomic E-state index is 12.9. The first-order chi connectivity index (χ1) is 13.7. The van der Waals surface area contributed by atoms with Crippen LogP contribution in [0.5, 0.6) is 0 Å². The average molecular weight is 374 g/mol. The molecule has 1 fully saturated rings. The van der Waals surface area contributed by atoms with Gasteiger partial charge in [-0.3, -0.25) is 4.79 Å². The van der Waals surface area contributed by atoms with Gasteiger partial charge in [0, 0.05) is 51.3 Å². The maximum Gasteiger partial charge on any atom is 0.272 e. The molecule has 3 aromatic rings. The fourth-order valence-corrected chi connectivity index (χ4v) is 3.24. The first kappa shape index (κ1) is 17.9. The average Bonchev–Trinajstić information content (AvgIpc) is 2.79. The lowest BCUT2D eigenvalue weighted by Crippen LogP contribution is -2.49. The molecule has 1 amide bonds. The van der Waals surface area contributed by atoms with Crippen LogP contribution in [0.15, 0.2) is 67.0 Å². The summed E-state index contributed by atoms with van der Waals surface area (Å²) in [6, 6.07) is 17.4. The highest BCUT2D eigenvalue weighted by atomic mass is 16.2. The molecule has 0 spiro atoms. The third kappa shape index (κ3) is 3.78. The second kappa shape index (κ2) is 8.04. The summed E-state index contributed by atoms with van der Waals surface area (Å²) in [6.45, 7) is 2.79. The molecule has 28 heavy (non-hydrogen) atoms. The van der Waals surface area contributed by atoms with Crippen LogP contribution in [0, 0.1) is 0 Å². The van der Waals surface area contributed by atoms with E-state index in [2.05, 4.69) is 19.9 Å². The maximum atomic E-state index is 12.9. The van der Waals surface area contributed by atoms with E-state index in [1.54, 1.807) is 18.5 Å². The molecule has 1 aliphatic heterocycles. The fraction of sp³-hybridized carbons (Fsp3) is 0.238. The molecule has 0 atom stereocenters. The number of hydrogen-bond acceptors (Lipinski definition) is 6. The van der Waals surface area contributed by atoms with Gasteiger partial charge >= 0.3 is 0 Å². The fourth-order valence-electron chi connectivity index (χ4n) is 3.24.